The first kappa shape index (κ1) is 8.30. The van der Waals surface area contributed by atoms with Gasteiger partial charge in [-0.2, -0.15) is 0 Å². The highest BCUT2D eigenvalue weighted by Crippen LogP contribution is 2.04. The third kappa shape index (κ3) is 3.85. The zero-order valence-electron chi connectivity index (χ0n) is 6.28. The lowest BCUT2D eigenvalue weighted by molar-refractivity contribution is 0.800. The first-order valence-corrected chi connectivity index (χ1v) is 3.47. The Balaban J connectivity index is 3.49. The van der Waals surface area contributed by atoms with E-state index in [-0.39, 0.29) is 0 Å². The summed E-state index contributed by atoms with van der Waals surface area (Å²) in [6, 6.07) is 0. The molecule has 0 aliphatic heterocycles. The fourth-order valence-electron chi connectivity index (χ4n) is 0.667. The lowest BCUT2D eigenvalue weighted by Crippen LogP contribution is -1.77. The molecular formula is C9H14. The lowest BCUT2D eigenvalue weighted by Gasteiger charge is -1.93. The van der Waals surface area contributed by atoms with Crippen LogP contribution in [0.2, 0.25) is 0 Å². The average molecular weight is 122 g/mol. The van der Waals surface area contributed by atoms with Gasteiger partial charge < -0.3 is 0 Å². The molecule has 0 saturated carbocycles. The molecule has 0 aliphatic rings. The van der Waals surface area contributed by atoms with Gasteiger partial charge in [0, 0.05) is 0 Å². The van der Waals surface area contributed by atoms with Crippen LogP contribution in [0.5, 0.6) is 0 Å². The molecule has 50 valence electrons. The molecule has 0 aromatic heterocycles. The van der Waals surface area contributed by atoms with Gasteiger partial charge in [0.25, 0.3) is 0 Å². The van der Waals surface area contributed by atoms with E-state index >= 15 is 0 Å². The van der Waals surface area contributed by atoms with Crippen molar-refractivity contribution in [3.63, 3.8) is 0 Å². The predicted octanol–water partition coefficient (Wildman–Crippen LogP) is 2.76. The Morgan fingerprint density at radius 1 is 1.67 bits per heavy atom. The fraction of sp³-hybridized carbons (Fsp3) is 0.556. The number of rotatable bonds is 3. The van der Waals surface area contributed by atoms with Crippen molar-refractivity contribution in [1.29, 1.82) is 0 Å². The van der Waals surface area contributed by atoms with Crippen LogP contribution in [-0.4, -0.2) is 0 Å². The van der Waals surface area contributed by atoms with Gasteiger partial charge in [0.2, 0.25) is 0 Å². The summed E-state index contributed by atoms with van der Waals surface area (Å²) < 4.78 is 0. The van der Waals surface area contributed by atoms with Crippen LogP contribution in [0.4, 0.5) is 0 Å². The normalized spacial score (nSPS) is 11.0. The van der Waals surface area contributed by atoms with Gasteiger partial charge in [0.05, 0.1) is 0 Å². The van der Waals surface area contributed by atoms with Gasteiger partial charge in [-0.15, -0.1) is 6.42 Å². The van der Waals surface area contributed by atoms with E-state index in [4.69, 9.17) is 6.42 Å². The van der Waals surface area contributed by atoms with Crippen molar-refractivity contribution in [3.8, 4) is 12.3 Å². The highest BCUT2D eigenvalue weighted by molar-refractivity contribution is 5.23. The van der Waals surface area contributed by atoms with Crippen LogP contribution >= 0.6 is 0 Å². The van der Waals surface area contributed by atoms with E-state index in [2.05, 4.69) is 12.8 Å². The van der Waals surface area contributed by atoms with Crippen LogP contribution in [0.25, 0.3) is 0 Å². The molecule has 0 atom stereocenters. The van der Waals surface area contributed by atoms with Crippen LogP contribution in [-0.2, 0) is 0 Å². The van der Waals surface area contributed by atoms with Gasteiger partial charge in [0.15, 0.2) is 0 Å². The predicted molar refractivity (Wildman–Crippen MR) is 42.1 cm³/mol. The first-order valence-electron chi connectivity index (χ1n) is 3.47. The van der Waals surface area contributed by atoms with Crippen molar-refractivity contribution in [2.45, 2.75) is 33.1 Å². The first-order chi connectivity index (χ1) is 4.35. The smallest absolute Gasteiger partial charge is 0.00251 e. The third-order valence-electron chi connectivity index (χ3n) is 1.33. The SMILES string of the molecule is C#CC(=CC)CCCC. The van der Waals surface area contributed by atoms with E-state index in [1.165, 1.54) is 12.8 Å². The van der Waals surface area contributed by atoms with Crippen LogP contribution in [0.3, 0.4) is 0 Å². The molecule has 0 aliphatic carbocycles. The number of allylic oxidation sites excluding steroid dienone is 2. The molecule has 0 amide bonds. The summed E-state index contributed by atoms with van der Waals surface area (Å²) in [6.07, 6.45) is 10.7. The van der Waals surface area contributed by atoms with Crippen LogP contribution < -0.4 is 0 Å². The number of terminal acetylenes is 1. The van der Waals surface area contributed by atoms with Gasteiger partial charge in [-0.25, -0.2) is 0 Å². The van der Waals surface area contributed by atoms with Crippen molar-refractivity contribution in [1.82, 2.24) is 0 Å². The highest BCUT2D eigenvalue weighted by atomic mass is 13.9. The maximum Gasteiger partial charge on any atom is -0.00251 e. The van der Waals surface area contributed by atoms with E-state index in [1.807, 2.05) is 13.0 Å². The van der Waals surface area contributed by atoms with Crippen molar-refractivity contribution in [2.24, 2.45) is 0 Å². The van der Waals surface area contributed by atoms with Crippen LogP contribution in [0.15, 0.2) is 11.6 Å². The summed E-state index contributed by atoms with van der Waals surface area (Å²) in [5, 5.41) is 0. The molecule has 0 saturated heterocycles. The molecule has 0 radical (unpaired) electrons. The Morgan fingerprint density at radius 3 is 2.67 bits per heavy atom. The molecule has 0 aromatic carbocycles. The summed E-state index contributed by atoms with van der Waals surface area (Å²) in [4.78, 5) is 0. The summed E-state index contributed by atoms with van der Waals surface area (Å²) in [6.45, 7) is 4.16. The Kier molecular flexibility index (Phi) is 5.01. The second-order valence-corrected chi connectivity index (χ2v) is 2.06. The Hall–Kier alpha value is -0.700. The topological polar surface area (TPSA) is 0 Å². The Morgan fingerprint density at radius 2 is 2.33 bits per heavy atom. The quantitative estimate of drug-likeness (QED) is 0.505. The monoisotopic (exact) mass is 122 g/mol. The highest BCUT2D eigenvalue weighted by Gasteiger charge is 1.87. The minimum absolute atomic E-state index is 1.07. The summed E-state index contributed by atoms with van der Waals surface area (Å²) in [7, 11) is 0. The average Bonchev–Trinajstić information content (AvgIpc) is 1.91. The van der Waals surface area contributed by atoms with Gasteiger partial charge in [0.1, 0.15) is 0 Å². The van der Waals surface area contributed by atoms with Crippen molar-refractivity contribution >= 4 is 0 Å². The summed E-state index contributed by atoms with van der Waals surface area (Å²) in [5.41, 5.74) is 1.14. The molecule has 0 N–H and O–H groups in total. The van der Waals surface area contributed by atoms with E-state index in [1.54, 1.807) is 0 Å². The fourth-order valence-corrected chi connectivity index (χ4v) is 0.667. The molecule has 0 bridgehead atoms. The molecule has 0 heteroatoms. The third-order valence-corrected chi connectivity index (χ3v) is 1.33. The maximum atomic E-state index is 5.21. The molecule has 0 aromatic rings. The summed E-state index contributed by atoms with van der Waals surface area (Å²) >= 11 is 0. The lowest BCUT2D eigenvalue weighted by atomic mass is 10.1. The Labute approximate surface area is 58.0 Å². The molecular weight excluding hydrogens is 108 g/mol. The second kappa shape index (κ2) is 5.44. The van der Waals surface area contributed by atoms with Crippen LogP contribution in [0.1, 0.15) is 33.1 Å². The molecule has 0 unspecified atom stereocenters. The molecule has 0 fully saturated rings. The molecule has 9 heavy (non-hydrogen) atoms. The zero-order chi connectivity index (χ0) is 7.11. The minimum atomic E-state index is 1.07. The van der Waals surface area contributed by atoms with E-state index in [9.17, 15) is 0 Å². The zero-order valence-corrected chi connectivity index (χ0v) is 6.28. The molecule has 0 rings (SSSR count). The number of unbranched alkanes of at least 4 members (excludes halogenated alkanes) is 1. The van der Waals surface area contributed by atoms with Gasteiger partial charge in [-0.05, 0) is 25.3 Å². The van der Waals surface area contributed by atoms with Gasteiger partial charge in [-0.3, -0.25) is 0 Å². The number of hydrogen-bond acceptors (Lipinski definition) is 0. The standard InChI is InChI=1S/C9H14/c1-4-7-8-9(5-2)6-3/h2,6H,4,7-8H2,1,3H3. The molecule has 0 spiro atoms. The maximum absolute atomic E-state index is 5.21. The second-order valence-electron chi connectivity index (χ2n) is 2.06. The van der Waals surface area contributed by atoms with Crippen molar-refractivity contribution < 1.29 is 0 Å². The molecule has 0 nitrogen and oxygen atoms in total. The van der Waals surface area contributed by atoms with E-state index < -0.39 is 0 Å². The Bertz CT molecular complexity index is 123. The van der Waals surface area contributed by atoms with Gasteiger partial charge >= 0.3 is 0 Å². The van der Waals surface area contributed by atoms with E-state index in [0.717, 1.165) is 12.0 Å². The number of hydrogen-bond donors (Lipinski definition) is 0. The molecule has 0 heterocycles. The van der Waals surface area contributed by atoms with E-state index in [0.29, 0.717) is 0 Å². The van der Waals surface area contributed by atoms with Crippen molar-refractivity contribution in [3.05, 3.63) is 11.6 Å². The van der Waals surface area contributed by atoms with Gasteiger partial charge in [-0.1, -0.05) is 25.3 Å². The van der Waals surface area contributed by atoms with Crippen LogP contribution in [0, 0.1) is 12.3 Å². The summed E-state index contributed by atoms with van der Waals surface area (Å²) in [5.74, 6) is 2.65. The van der Waals surface area contributed by atoms with Crippen molar-refractivity contribution in [2.75, 3.05) is 0 Å². The largest absolute Gasteiger partial charge is 0.115 e. The minimum Gasteiger partial charge on any atom is -0.115 e.